The molecular formula is C10H16N2O3S. The van der Waals surface area contributed by atoms with Crippen molar-refractivity contribution < 1.29 is 13.5 Å². The Morgan fingerprint density at radius 1 is 1.50 bits per heavy atom. The highest BCUT2D eigenvalue weighted by Gasteiger charge is 2.09. The smallest absolute Gasteiger partial charge is 0.229 e. The van der Waals surface area contributed by atoms with Gasteiger partial charge in [-0.3, -0.25) is 4.72 Å². The van der Waals surface area contributed by atoms with Crippen LogP contribution in [-0.4, -0.2) is 19.8 Å². The van der Waals surface area contributed by atoms with E-state index < -0.39 is 10.0 Å². The summed E-state index contributed by atoms with van der Waals surface area (Å²) in [4.78, 5) is 0. The first-order valence-electron chi connectivity index (χ1n) is 4.80. The summed E-state index contributed by atoms with van der Waals surface area (Å²) in [6.45, 7) is 1.58. The van der Waals surface area contributed by atoms with Crippen LogP contribution in [0.2, 0.25) is 0 Å². The van der Waals surface area contributed by atoms with Crippen LogP contribution in [0, 0.1) is 0 Å². The first-order valence-corrected chi connectivity index (χ1v) is 6.69. The van der Waals surface area contributed by atoms with Gasteiger partial charge in [-0.15, -0.1) is 0 Å². The minimum Gasteiger partial charge on any atom is -0.392 e. The molecule has 1 atom stereocenters. The van der Waals surface area contributed by atoms with E-state index in [1.807, 2.05) is 6.92 Å². The van der Waals surface area contributed by atoms with E-state index in [0.29, 0.717) is 11.3 Å². The summed E-state index contributed by atoms with van der Waals surface area (Å²) in [6.07, 6.45) is 1.06. The first kappa shape index (κ1) is 13.0. The molecule has 90 valence electrons. The Morgan fingerprint density at radius 3 is 2.56 bits per heavy atom. The molecule has 0 unspecified atom stereocenters. The lowest BCUT2D eigenvalue weighted by Gasteiger charge is -2.12. The van der Waals surface area contributed by atoms with Crippen molar-refractivity contribution in [2.24, 2.45) is 5.73 Å². The Morgan fingerprint density at radius 2 is 2.12 bits per heavy atom. The maximum absolute atomic E-state index is 11.1. The van der Waals surface area contributed by atoms with E-state index in [2.05, 4.69) is 4.72 Å². The van der Waals surface area contributed by atoms with Crippen LogP contribution in [0.25, 0.3) is 0 Å². The van der Waals surface area contributed by atoms with Crippen LogP contribution in [0.5, 0.6) is 0 Å². The molecule has 0 aliphatic heterocycles. The van der Waals surface area contributed by atoms with Gasteiger partial charge in [-0.1, -0.05) is 6.07 Å². The molecular weight excluding hydrogens is 228 g/mol. The number of anilines is 1. The Bertz CT molecular complexity index is 469. The summed E-state index contributed by atoms with van der Waals surface area (Å²) in [5, 5.41) is 9.15. The van der Waals surface area contributed by atoms with Crippen molar-refractivity contribution in [3.8, 4) is 0 Å². The lowest BCUT2D eigenvalue weighted by Crippen LogP contribution is -2.12. The summed E-state index contributed by atoms with van der Waals surface area (Å²) < 4.78 is 24.5. The zero-order chi connectivity index (χ0) is 12.3. The van der Waals surface area contributed by atoms with Crippen LogP contribution in [0.3, 0.4) is 0 Å². The van der Waals surface area contributed by atoms with Crippen molar-refractivity contribution >= 4 is 15.7 Å². The highest BCUT2D eigenvalue weighted by atomic mass is 32.2. The number of sulfonamides is 1. The molecule has 1 aromatic carbocycles. The summed E-state index contributed by atoms with van der Waals surface area (Å²) in [6, 6.07) is 4.87. The molecule has 0 aromatic heterocycles. The van der Waals surface area contributed by atoms with Crippen LogP contribution in [0.4, 0.5) is 5.69 Å². The van der Waals surface area contributed by atoms with Gasteiger partial charge in [0.2, 0.25) is 10.0 Å². The standard InChI is InChI=1S/C10H16N2O3S/c1-7(11)8-3-4-10(9(5-8)6-13)12-16(2,14)15/h3-5,7,12-13H,6,11H2,1-2H3/t7-/m1/s1. The van der Waals surface area contributed by atoms with Gasteiger partial charge in [-0.05, 0) is 24.6 Å². The molecule has 0 fully saturated rings. The largest absolute Gasteiger partial charge is 0.392 e. The fourth-order valence-electron chi connectivity index (χ4n) is 1.33. The molecule has 0 spiro atoms. The Balaban J connectivity index is 3.12. The molecule has 0 aliphatic carbocycles. The maximum Gasteiger partial charge on any atom is 0.229 e. The fraction of sp³-hybridized carbons (Fsp3) is 0.400. The van der Waals surface area contributed by atoms with Gasteiger partial charge in [0.1, 0.15) is 0 Å². The average Bonchev–Trinajstić information content (AvgIpc) is 2.15. The second-order valence-electron chi connectivity index (χ2n) is 3.74. The third-order valence-corrected chi connectivity index (χ3v) is 2.71. The van der Waals surface area contributed by atoms with Crippen LogP contribution in [-0.2, 0) is 16.6 Å². The predicted molar refractivity (Wildman–Crippen MR) is 63.4 cm³/mol. The molecule has 5 nitrogen and oxygen atoms in total. The fourth-order valence-corrected chi connectivity index (χ4v) is 1.93. The third-order valence-electron chi connectivity index (χ3n) is 2.12. The molecule has 0 saturated heterocycles. The minimum atomic E-state index is -3.34. The monoisotopic (exact) mass is 244 g/mol. The van der Waals surface area contributed by atoms with Crippen molar-refractivity contribution in [3.63, 3.8) is 0 Å². The summed E-state index contributed by atoms with van der Waals surface area (Å²) in [5.41, 5.74) is 7.44. The number of hydrogen-bond acceptors (Lipinski definition) is 4. The number of hydrogen-bond donors (Lipinski definition) is 3. The molecule has 0 amide bonds. The summed E-state index contributed by atoms with van der Waals surface area (Å²) >= 11 is 0. The molecule has 0 radical (unpaired) electrons. The van der Waals surface area contributed by atoms with E-state index in [1.165, 1.54) is 0 Å². The van der Waals surface area contributed by atoms with Gasteiger partial charge in [0.25, 0.3) is 0 Å². The Hall–Kier alpha value is -1.11. The highest BCUT2D eigenvalue weighted by molar-refractivity contribution is 7.92. The number of aliphatic hydroxyl groups is 1. The molecule has 16 heavy (non-hydrogen) atoms. The minimum absolute atomic E-state index is 0.155. The van der Waals surface area contributed by atoms with Crippen molar-refractivity contribution in [3.05, 3.63) is 29.3 Å². The molecule has 4 N–H and O–H groups in total. The summed E-state index contributed by atoms with van der Waals surface area (Å²) in [5.74, 6) is 0. The number of nitrogens with one attached hydrogen (secondary N) is 1. The lowest BCUT2D eigenvalue weighted by molar-refractivity contribution is 0.282. The van der Waals surface area contributed by atoms with Crippen molar-refractivity contribution in [2.45, 2.75) is 19.6 Å². The van der Waals surface area contributed by atoms with Gasteiger partial charge in [0, 0.05) is 11.6 Å². The van der Waals surface area contributed by atoms with Gasteiger partial charge in [0.15, 0.2) is 0 Å². The van der Waals surface area contributed by atoms with Gasteiger partial charge in [-0.25, -0.2) is 8.42 Å². The summed E-state index contributed by atoms with van der Waals surface area (Å²) in [7, 11) is -3.34. The van der Waals surface area contributed by atoms with Crippen LogP contribution >= 0.6 is 0 Å². The maximum atomic E-state index is 11.1. The third kappa shape index (κ3) is 3.48. The SMILES string of the molecule is C[C@@H](N)c1ccc(NS(C)(=O)=O)c(CO)c1. The first-order chi connectivity index (χ1) is 7.33. The van der Waals surface area contributed by atoms with Crippen LogP contribution in [0.15, 0.2) is 18.2 Å². The Labute approximate surface area is 95.3 Å². The normalized spacial score (nSPS) is 13.5. The molecule has 0 aliphatic rings. The van der Waals surface area contributed by atoms with E-state index >= 15 is 0 Å². The Kier molecular flexibility index (Phi) is 3.90. The molecule has 1 rings (SSSR count). The lowest BCUT2D eigenvalue weighted by atomic mass is 10.0. The topological polar surface area (TPSA) is 92.4 Å². The number of rotatable bonds is 4. The van der Waals surface area contributed by atoms with Crippen LogP contribution < -0.4 is 10.5 Å². The highest BCUT2D eigenvalue weighted by Crippen LogP contribution is 2.21. The second kappa shape index (κ2) is 4.82. The van der Waals surface area contributed by atoms with Gasteiger partial charge < -0.3 is 10.8 Å². The number of nitrogens with two attached hydrogens (primary N) is 1. The number of aliphatic hydroxyl groups excluding tert-OH is 1. The molecule has 1 aromatic rings. The average molecular weight is 244 g/mol. The van der Waals surface area contributed by atoms with Gasteiger partial charge >= 0.3 is 0 Å². The zero-order valence-corrected chi connectivity index (χ0v) is 10.1. The van der Waals surface area contributed by atoms with E-state index in [0.717, 1.165) is 11.8 Å². The molecule has 0 saturated carbocycles. The van der Waals surface area contributed by atoms with Crippen LogP contribution in [0.1, 0.15) is 24.1 Å². The predicted octanol–water partition coefficient (Wildman–Crippen LogP) is 0.570. The molecule has 0 bridgehead atoms. The molecule has 6 heteroatoms. The quantitative estimate of drug-likeness (QED) is 0.722. The van der Waals surface area contributed by atoms with E-state index in [9.17, 15) is 8.42 Å². The van der Waals surface area contributed by atoms with Gasteiger partial charge in [0.05, 0.1) is 18.6 Å². The van der Waals surface area contributed by atoms with E-state index in [1.54, 1.807) is 18.2 Å². The van der Waals surface area contributed by atoms with E-state index in [-0.39, 0.29) is 12.6 Å². The number of benzene rings is 1. The van der Waals surface area contributed by atoms with Crippen molar-refractivity contribution in [1.29, 1.82) is 0 Å². The van der Waals surface area contributed by atoms with Crippen molar-refractivity contribution in [1.82, 2.24) is 0 Å². The van der Waals surface area contributed by atoms with Crippen molar-refractivity contribution in [2.75, 3.05) is 11.0 Å². The van der Waals surface area contributed by atoms with E-state index in [4.69, 9.17) is 10.8 Å². The molecule has 0 heterocycles. The zero-order valence-electron chi connectivity index (χ0n) is 9.27. The second-order valence-corrected chi connectivity index (χ2v) is 5.49. The van der Waals surface area contributed by atoms with Gasteiger partial charge in [-0.2, -0.15) is 0 Å².